The Morgan fingerprint density at radius 3 is 2.58 bits per heavy atom. The minimum Gasteiger partial charge on any atom is -0.309 e. The Kier molecular flexibility index (Phi) is 6.27. The summed E-state index contributed by atoms with van der Waals surface area (Å²) in [5, 5.41) is 3.17. The van der Waals surface area contributed by atoms with Gasteiger partial charge in [-0.05, 0) is 111 Å². The second kappa shape index (κ2) is 9.45. The van der Waals surface area contributed by atoms with Crippen LogP contribution in [0.25, 0.3) is 11.3 Å². The molecular weight excluding hydrogens is 566 g/mol. The minimum absolute atomic E-state index is 0.00470. The number of halogens is 2. The van der Waals surface area contributed by atoms with Crippen LogP contribution in [-0.4, -0.2) is 45.7 Å². The van der Waals surface area contributed by atoms with E-state index in [2.05, 4.69) is 73.9 Å². The summed E-state index contributed by atoms with van der Waals surface area (Å²) in [4.78, 5) is 20.7. The van der Waals surface area contributed by atoms with Crippen molar-refractivity contribution >= 4 is 45.8 Å². The second-order valence-electron chi connectivity index (χ2n) is 10.4. The molecule has 1 spiro atoms. The third kappa shape index (κ3) is 4.22. The Morgan fingerprint density at radius 2 is 1.86 bits per heavy atom. The summed E-state index contributed by atoms with van der Waals surface area (Å²) >= 11 is 2.32. The number of aliphatic imine (C=N–C) groups is 1. The molecule has 36 heavy (non-hydrogen) atoms. The predicted molar refractivity (Wildman–Crippen MR) is 150 cm³/mol. The zero-order valence-electron chi connectivity index (χ0n) is 20.7. The highest BCUT2D eigenvalue weighted by Gasteiger charge is 2.44. The van der Waals surface area contributed by atoms with Crippen LogP contribution < -0.4 is 5.32 Å². The van der Waals surface area contributed by atoms with Crippen LogP contribution in [-0.2, 0) is 5.41 Å². The third-order valence-corrected chi connectivity index (χ3v) is 9.06. The van der Waals surface area contributed by atoms with Gasteiger partial charge in [0.1, 0.15) is 11.5 Å². The van der Waals surface area contributed by atoms with Gasteiger partial charge in [-0.25, -0.2) is 19.3 Å². The number of piperidine rings is 1. The molecule has 186 valence electrons. The van der Waals surface area contributed by atoms with Gasteiger partial charge in [0.15, 0.2) is 5.82 Å². The normalized spacial score (nSPS) is 19.5. The molecule has 2 aromatic heterocycles. The predicted octanol–water partition coefficient (Wildman–Crippen LogP) is 6.75. The fourth-order valence-electron chi connectivity index (χ4n) is 6.10. The lowest BCUT2D eigenvalue weighted by Gasteiger charge is -2.29. The highest BCUT2D eigenvalue weighted by atomic mass is 127. The van der Waals surface area contributed by atoms with Gasteiger partial charge in [0.2, 0.25) is 5.95 Å². The number of nitrogens with zero attached hydrogens (tertiary/aromatic N) is 5. The van der Waals surface area contributed by atoms with E-state index in [1.54, 1.807) is 0 Å². The molecule has 6 rings (SSSR count). The summed E-state index contributed by atoms with van der Waals surface area (Å²) in [5.74, 6) is 1.11. The van der Waals surface area contributed by atoms with Crippen LogP contribution in [0.2, 0.25) is 0 Å². The number of fused-ring (bicyclic) bond motifs is 2. The van der Waals surface area contributed by atoms with E-state index in [1.165, 1.54) is 35.9 Å². The fraction of sp³-hybridized carbons (Fsp3) is 0.429. The Labute approximate surface area is 225 Å². The van der Waals surface area contributed by atoms with Gasteiger partial charge in [-0.3, -0.25) is 4.99 Å². The summed E-state index contributed by atoms with van der Waals surface area (Å²) < 4.78 is 16.0. The standard InChI is InChI=1S/C28H30FIN6/c1-17-28(9-3-4-10-28)21-13-20(14-23(30)26(21)33-17)25-22(29)16-32-27(35-25)34-24-6-5-19(15-31-24)18-7-11-36(2)12-8-18/h5-6,13-16,18H,3-4,7-12H2,1-2H3,(H,31,32,34,35). The Morgan fingerprint density at radius 1 is 1.08 bits per heavy atom. The highest BCUT2D eigenvalue weighted by molar-refractivity contribution is 14.1. The molecule has 1 saturated carbocycles. The number of hydrogen-bond acceptors (Lipinski definition) is 6. The number of anilines is 2. The first-order chi connectivity index (χ1) is 17.4. The van der Waals surface area contributed by atoms with Gasteiger partial charge in [-0.2, -0.15) is 0 Å². The van der Waals surface area contributed by atoms with Crippen LogP contribution in [0.1, 0.15) is 62.5 Å². The van der Waals surface area contributed by atoms with Gasteiger partial charge in [0.25, 0.3) is 0 Å². The molecule has 2 fully saturated rings. The van der Waals surface area contributed by atoms with E-state index < -0.39 is 5.82 Å². The van der Waals surface area contributed by atoms with Crippen molar-refractivity contribution in [2.75, 3.05) is 25.5 Å². The molecule has 0 atom stereocenters. The van der Waals surface area contributed by atoms with E-state index in [9.17, 15) is 0 Å². The molecule has 3 aliphatic rings. The van der Waals surface area contributed by atoms with Gasteiger partial charge < -0.3 is 10.2 Å². The Hall–Kier alpha value is -2.46. The van der Waals surface area contributed by atoms with Crippen LogP contribution >= 0.6 is 22.6 Å². The van der Waals surface area contributed by atoms with E-state index >= 15 is 4.39 Å². The van der Waals surface area contributed by atoms with Gasteiger partial charge in [-0.1, -0.05) is 18.9 Å². The van der Waals surface area contributed by atoms with Crippen molar-refractivity contribution in [1.82, 2.24) is 19.9 Å². The van der Waals surface area contributed by atoms with E-state index in [-0.39, 0.29) is 5.41 Å². The smallest absolute Gasteiger partial charge is 0.229 e. The van der Waals surface area contributed by atoms with Crippen LogP contribution in [0.3, 0.4) is 0 Å². The molecule has 3 aromatic rings. The lowest BCUT2D eigenvalue weighted by atomic mass is 9.76. The monoisotopic (exact) mass is 596 g/mol. The largest absolute Gasteiger partial charge is 0.309 e. The number of benzene rings is 1. The third-order valence-electron chi connectivity index (χ3n) is 8.24. The van der Waals surface area contributed by atoms with E-state index in [0.717, 1.165) is 53.6 Å². The van der Waals surface area contributed by atoms with Gasteiger partial charge in [0, 0.05) is 26.5 Å². The summed E-state index contributed by atoms with van der Waals surface area (Å²) in [6.45, 7) is 4.37. The van der Waals surface area contributed by atoms with Crippen molar-refractivity contribution in [2.45, 2.75) is 56.8 Å². The molecule has 1 aliphatic carbocycles. The lowest BCUT2D eigenvalue weighted by molar-refractivity contribution is 0.255. The van der Waals surface area contributed by atoms with Crippen LogP contribution in [0, 0.1) is 9.39 Å². The first kappa shape index (κ1) is 23.9. The number of rotatable bonds is 4. The molecular formula is C28H30FIN6. The molecule has 8 heteroatoms. The SMILES string of the molecule is CC1=Nc2c(I)cc(-c3nc(Nc4ccc(C5CCN(C)CC5)cn4)ncc3F)cc2C12CCCC2. The quantitative estimate of drug-likeness (QED) is 0.338. The highest BCUT2D eigenvalue weighted by Crippen LogP contribution is 2.52. The minimum atomic E-state index is -0.432. The summed E-state index contributed by atoms with van der Waals surface area (Å²) in [6.07, 6.45) is 10.1. The second-order valence-corrected chi connectivity index (χ2v) is 11.6. The van der Waals surface area contributed by atoms with Crippen molar-refractivity contribution in [3.05, 3.63) is 57.2 Å². The van der Waals surface area contributed by atoms with Crippen molar-refractivity contribution in [1.29, 1.82) is 0 Å². The van der Waals surface area contributed by atoms with Crippen molar-refractivity contribution in [2.24, 2.45) is 4.99 Å². The van der Waals surface area contributed by atoms with Gasteiger partial charge in [0.05, 0.1) is 11.9 Å². The average Bonchev–Trinajstić information content (AvgIpc) is 3.48. The summed E-state index contributed by atoms with van der Waals surface area (Å²) in [5.41, 5.74) is 5.77. The molecule has 0 radical (unpaired) electrons. The maximum Gasteiger partial charge on any atom is 0.229 e. The molecule has 1 saturated heterocycles. The zero-order valence-corrected chi connectivity index (χ0v) is 22.8. The van der Waals surface area contributed by atoms with E-state index in [4.69, 9.17) is 4.99 Å². The molecule has 1 N–H and O–H groups in total. The van der Waals surface area contributed by atoms with Gasteiger partial charge >= 0.3 is 0 Å². The number of aromatic nitrogens is 3. The summed E-state index contributed by atoms with van der Waals surface area (Å²) in [6, 6.07) is 8.17. The summed E-state index contributed by atoms with van der Waals surface area (Å²) in [7, 11) is 2.17. The molecule has 4 heterocycles. The van der Waals surface area contributed by atoms with Crippen molar-refractivity contribution in [3.8, 4) is 11.3 Å². The fourth-order valence-corrected chi connectivity index (χ4v) is 6.85. The number of pyridine rings is 1. The number of likely N-dealkylation sites (tertiary alicyclic amines) is 1. The number of nitrogens with one attached hydrogen (secondary N) is 1. The number of hydrogen-bond donors (Lipinski definition) is 1. The van der Waals surface area contributed by atoms with Crippen LogP contribution in [0.4, 0.5) is 21.8 Å². The Balaban J connectivity index is 1.27. The molecule has 0 unspecified atom stereocenters. The lowest BCUT2D eigenvalue weighted by Crippen LogP contribution is -2.29. The maximum absolute atomic E-state index is 15.0. The van der Waals surface area contributed by atoms with Gasteiger partial charge in [-0.15, -0.1) is 0 Å². The molecule has 1 aromatic carbocycles. The topological polar surface area (TPSA) is 66.3 Å². The van der Waals surface area contributed by atoms with Crippen molar-refractivity contribution < 1.29 is 4.39 Å². The molecule has 0 amide bonds. The van der Waals surface area contributed by atoms with Crippen LogP contribution in [0.5, 0.6) is 0 Å². The van der Waals surface area contributed by atoms with Crippen LogP contribution in [0.15, 0.2) is 41.7 Å². The molecule has 2 aliphatic heterocycles. The Bertz CT molecular complexity index is 1320. The zero-order chi connectivity index (χ0) is 24.9. The van der Waals surface area contributed by atoms with E-state index in [1.807, 2.05) is 18.3 Å². The average molecular weight is 596 g/mol. The molecule has 6 nitrogen and oxygen atoms in total. The molecule has 0 bridgehead atoms. The van der Waals surface area contributed by atoms with Crippen molar-refractivity contribution in [3.63, 3.8) is 0 Å². The van der Waals surface area contributed by atoms with E-state index in [0.29, 0.717) is 23.4 Å². The first-order valence-corrected chi connectivity index (χ1v) is 13.8. The first-order valence-electron chi connectivity index (χ1n) is 12.8. The maximum atomic E-state index is 15.0.